The maximum absolute atomic E-state index is 5.83. The summed E-state index contributed by atoms with van der Waals surface area (Å²) in [5.74, 6) is 0. The zero-order valence-corrected chi connectivity index (χ0v) is 7.02. The van der Waals surface area contributed by atoms with Crippen molar-refractivity contribution in [3.8, 4) is 0 Å². The first-order chi connectivity index (χ1) is 4.52. The number of nitrogens with two attached hydrogens (primary N) is 1. The molecule has 0 aromatic carbocycles. The van der Waals surface area contributed by atoms with Crippen molar-refractivity contribution in [2.75, 3.05) is 13.2 Å². The number of rotatable bonds is 0. The normalized spacial score (nSPS) is 29.4. The molecule has 1 heterocycles. The van der Waals surface area contributed by atoms with Crippen molar-refractivity contribution in [3.63, 3.8) is 0 Å². The SMILES string of the molecule is CC(C)(C)N1CNCC1N. The summed E-state index contributed by atoms with van der Waals surface area (Å²) in [6.07, 6.45) is 0.194. The minimum atomic E-state index is 0.194. The van der Waals surface area contributed by atoms with E-state index in [1.807, 2.05) is 0 Å². The topological polar surface area (TPSA) is 41.3 Å². The summed E-state index contributed by atoms with van der Waals surface area (Å²) >= 11 is 0. The van der Waals surface area contributed by atoms with Crippen LogP contribution in [0.3, 0.4) is 0 Å². The molecule has 3 nitrogen and oxygen atoms in total. The highest BCUT2D eigenvalue weighted by molar-refractivity contribution is 4.84. The van der Waals surface area contributed by atoms with Gasteiger partial charge in [-0.05, 0) is 20.8 Å². The molecule has 1 fully saturated rings. The highest BCUT2D eigenvalue weighted by atomic mass is 15.4. The Kier molecular flexibility index (Phi) is 1.99. The molecule has 60 valence electrons. The number of hydrogen-bond acceptors (Lipinski definition) is 3. The molecule has 0 amide bonds. The highest BCUT2D eigenvalue weighted by Gasteiger charge is 2.29. The summed E-state index contributed by atoms with van der Waals surface area (Å²) in [6, 6.07) is 0. The average molecular weight is 143 g/mol. The predicted molar refractivity (Wildman–Crippen MR) is 42.4 cm³/mol. The molecule has 0 aromatic heterocycles. The Bertz CT molecular complexity index is 117. The van der Waals surface area contributed by atoms with E-state index in [4.69, 9.17) is 5.73 Å². The van der Waals surface area contributed by atoms with E-state index in [1.54, 1.807) is 0 Å². The maximum Gasteiger partial charge on any atom is 0.0715 e. The first-order valence-corrected chi connectivity index (χ1v) is 3.75. The van der Waals surface area contributed by atoms with Gasteiger partial charge in [-0.2, -0.15) is 0 Å². The molecule has 1 aliphatic rings. The van der Waals surface area contributed by atoms with E-state index in [0.717, 1.165) is 13.2 Å². The van der Waals surface area contributed by atoms with Crippen LogP contribution in [-0.2, 0) is 0 Å². The first-order valence-electron chi connectivity index (χ1n) is 3.75. The Morgan fingerprint density at radius 3 is 2.30 bits per heavy atom. The third-order valence-corrected chi connectivity index (χ3v) is 1.90. The van der Waals surface area contributed by atoms with Gasteiger partial charge in [0.1, 0.15) is 0 Å². The quantitative estimate of drug-likeness (QED) is 0.499. The molecule has 0 aromatic rings. The smallest absolute Gasteiger partial charge is 0.0715 e. The molecule has 0 radical (unpaired) electrons. The molecular weight excluding hydrogens is 126 g/mol. The summed E-state index contributed by atoms with van der Waals surface area (Å²) in [4.78, 5) is 2.26. The largest absolute Gasteiger partial charge is 0.315 e. The Balaban J connectivity index is 2.55. The monoisotopic (exact) mass is 143 g/mol. The Morgan fingerprint density at radius 2 is 2.10 bits per heavy atom. The lowest BCUT2D eigenvalue weighted by molar-refractivity contribution is 0.126. The van der Waals surface area contributed by atoms with Gasteiger partial charge in [0.25, 0.3) is 0 Å². The van der Waals surface area contributed by atoms with Crippen LogP contribution in [0.4, 0.5) is 0 Å². The molecule has 3 N–H and O–H groups in total. The highest BCUT2D eigenvalue weighted by Crippen LogP contribution is 2.15. The molecule has 1 atom stereocenters. The Labute approximate surface area is 62.6 Å². The summed E-state index contributed by atoms with van der Waals surface area (Å²) in [5.41, 5.74) is 6.03. The van der Waals surface area contributed by atoms with Crippen LogP contribution in [0.25, 0.3) is 0 Å². The van der Waals surface area contributed by atoms with Gasteiger partial charge < -0.3 is 11.1 Å². The third-order valence-electron chi connectivity index (χ3n) is 1.90. The summed E-state index contributed by atoms with van der Waals surface area (Å²) in [6.45, 7) is 8.38. The van der Waals surface area contributed by atoms with Gasteiger partial charge in [0, 0.05) is 12.1 Å². The lowest BCUT2D eigenvalue weighted by atomic mass is 10.1. The van der Waals surface area contributed by atoms with Gasteiger partial charge in [-0.25, -0.2) is 0 Å². The lowest BCUT2D eigenvalue weighted by Crippen LogP contribution is -2.49. The molecule has 3 heteroatoms. The van der Waals surface area contributed by atoms with Crippen LogP contribution < -0.4 is 11.1 Å². The molecule has 0 saturated carbocycles. The number of hydrogen-bond donors (Lipinski definition) is 2. The summed E-state index contributed by atoms with van der Waals surface area (Å²) in [7, 11) is 0. The fourth-order valence-corrected chi connectivity index (χ4v) is 1.29. The number of nitrogens with one attached hydrogen (secondary N) is 1. The summed E-state index contributed by atoms with van der Waals surface area (Å²) < 4.78 is 0. The van der Waals surface area contributed by atoms with E-state index >= 15 is 0 Å². The fourth-order valence-electron chi connectivity index (χ4n) is 1.29. The van der Waals surface area contributed by atoms with Gasteiger partial charge in [-0.3, -0.25) is 4.90 Å². The van der Waals surface area contributed by atoms with Crippen LogP contribution in [-0.4, -0.2) is 29.8 Å². The van der Waals surface area contributed by atoms with Crippen LogP contribution in [0.15, 0.2) is 0 Å². The van der Waals surface area contributed by atoms with Crippen molar-refractivity contribution >= 4 is 0 Å². The second-order valence-corrected chi connectivity index (χ2v) is 3.82. The maximum atomic E-state index is 5.83. The van der Waals surface area contributed by atoms with E-state index < -0.39 is 0 Å². The molecule has 1 saturated heterocycles. The molecule has 1 unspecified atom stereocenters. The second-order valence-electron chi connectivity index (χ2n) is 3.82. The van der Waals surface area contributed by atoms with E-state index in [0.29, 0.717) is 0 Å². The van der Waals surface area contributed by atoms with Gasteiger partial charge in [0.05, 0.1) is 12.8 Å². The van der Waals surface area contributed by atoms with E-state index in [9.17, 15) is 0 Å². The molecular formula is C7H17N3. The second kappa shape index (κ2) is 2.49. The molecule has 0 bridgehead atoms. The predicted octanol–water partition coefficient (Wildman–Crippen LogP) is -0.0676. The van der Waals surface area contributed by atoms with Crippen molar-refractivity contribution < 1.29 is 0 Å². The van der Waals surface area contributed by atoms with Crippen LogP contribution in [0, 0.1) is 0 Å². The fraction of sp³-hybridized carbons (Fsp3) is 1.00. The van der Waals surface area contributed by atoms with Crippen molar-refractivity contribution in [3.05, 3.63) is 0 Å². The summed E-state index contributed by atoms with van der Waals surface area (Å²) in [5, 5.41) is 3.23. The standard InChI is InChI=1S/C7H17N3/c1-7(2,3)10-5-9-4-6(10)8/h6,9H,4-5,8H2,1-3H3. The minimum absolute atomic E-state index is 0.194. The van der Waals surface area contributed by atoms with Crippen LogP contribution in [0.2, 0.25) is 0 Å². The number of nitrogens with zero attached hydrogens (tertiary/aromatic N) is 1. The van der Waals surface area contributed by atoms with E-state index in [1.165, 1.54) is 0 Å². The zero-order valence-electron chi connectivity index (χ0n) is 7.02. The average Bonchev–Trinajstić information content (AvgIpc) is 2.11. The first kappa shape index (κ1) is 7.98. The molecule has 0 spiro atoms. The zero-order chi connectivity index (χ0) is 7.78. The van der Waals surface area contributed by atoms with E-state index in [2.05, 4.69) is 31.0 Å². The third kappa shape index (κ3) is 1.48. The van der Waals surface area contributed by atoms with Crippen LogP contribution >= 0.6 is 0 Å². The molecule has 0 aliphatic carbocycles. The van der Waals surface area contributed by atoms with Gasteiger partial charge >= 0.3 is 0 Å². The van der Waals surface area contributed by atoms with Gasteiger partial charge in [-0.15, -0.1) is 0 Å². The van der Waals surface area contributed by atoms with Crippen molar-refractivity contribution in [2.45, 2.75) is 32.5 Å². The van der Waals surface area contributed by atoms with E-state index in [-0.39, 0.29) is 11.7 Å². The Morgan fingerprint density at radius 1 is 1.50 bits per heavy atom. The molecule has 1 aliphatic heterocycles. The lowest BCUT2D eigenvalue weighted by Gasteiger charge is -2.34. The Hall–Kier alpha value is -0.120. The van der Waals surface area contributed by atoms with Gasteiger partial charge in [0.2, 0.25) is 0 Å². The van der Waals surface area contributed by atoms with Gasteiger partial charge in [0.15, 0.2) is 0 Å². The molecule has 1 rings (SSSR count). The van der Waals surface area contributed by atoms with Crippen LogP contribution in [0.5, 0.6) is 0 Å². The molecule has 10 heavy (non-hydrogen) atoms. The van der Waals surface area contributed by atoms with Crippen molar-refractivity contribution in [1.29, 1.82) is 0 Å². The van der Waals surface area contributed by atoms with Crippen LogP contribution in [0.1, 0.15) is 20.8 Å². The van der Waals surface area contributed by atoms with Gasteiger partial charge in [-0.1, -0.05) is 0 Å². The van der Waals surface area contributed by atoms with Crippen molar-refractivity contribution in [1.82, 2.24) is 10.2 Å². The minimum Gasteiger partial charge on any atom is -0.315 e. The van der Waals surface area contributed by atoms with Crippen molar-refractivity contribution in [2.24, 2.45) is 5.73 Å².